The van der Waals surface area contributed by atoms with Crippen LogP contribution in [0, 0.1) is 11.8 Å². The lowest BCUT2D eigenvalue weighted by atomic mass is 9.96. The number of esters is 1. The SMILES string of the molecule is CCCC(=O)OCN(C(=O)[C@@H](NC(=O)[C@H]1CCCCN1C)C(C)CC)N(C)/C(=C\S)C(=O)N[C@@H](Cc1ccc(O)cc1)C[C@H](C)C(=O)O. The number of phenolic OH excluding ortho intramolecular Hbond substituents is 1. The molecular weight excluding hydrogens is 638 g/mol. The van der Waals surface area contributed by atoms with Crippen LogP contribution in [0.1, 0.15) is 78.2 Å². The van der Waals surface area contributed by atoms with Crippen molar-refractivity contribution >= 4 is 42.3 Å². The number of hydrazine groups is 1. The lowest BCUT2D eigenvalue weighted by molar-refractivity contribution is -0.170. The van der Waals surface area contributed by atoms with E-state index in [0.29, 0.717) is 19.3 Å². The molecule has 48 heavy (non-hydrogen) atoms. The molecule has 1 fully saturated rings. The third-order valence-corrected chi connectivity index (χ3v) is 9.03. The fourth-order valence-corrected chi connectivity index (χ4v) is 5.81. The van der Waals surface area contributed by atoms with Gasteiger partial charge in [0, 0.05) is 19.5 Å². The number of hydrogen-bond donors (Lipinski definition) is 5. The average molecular weight is 692 g/mol. The van der Waals surface area contributed by atoms with Crippen molar-refractivity contribution in [3.05, 3.63) is 40.9 Å². The Morgan fingerprint density at radius 1 is 1.10 bits per heavy atom. The number of likely N-dealkylation sites (tertiary alicyclic amines) is 1. The summed E-state index contributed by atoms with van der Waals surface area (Å²) in [6, 6.07) is 4.35. The predicted molar refractivity (Wildman–Crippen MR) is 184 cm³/mol. The number of thiol groups is 1. The molecule has 0 bridgehead atoms. The van der Waals surface area contributed by atoms with E-state index in [4.69, 9.17) is 4.74 Å². The first-order valence-electron chi connectivity index (χ1n) is 16.6. The van der Waals surface area contributed by atoms with Crippen LogP contribution >= 0.6 is 12.6 Å². The van der Waals surface area contributed by atoms with Gasteiger partial charge in [0.1, 0.15) is 17.5 Å². The first kappa shape index (κ1) is 40.4. The van der Waals surface area contributed by atoms with E-state index in [9.17, 15) is 34.2 Å². The Kier molecular flexibility index (Phi) is 16.7. The van der Waals surface area contributed by atoms with Gasteiger partial charge in [-0.1, -0.05) is 52.7 Å². The molecule has 1 unspecified atom stereocenters. The molecule has 2 rings (SSSR count). The summed E-state index contributed by atoms with van der Waals surface area (Å²) >= 11 is 4.27. The maximum absolute atomic E-state index is 14.3. The molecule has 0 aromatic heterocycles. The molecule has 1 aliphatic heterocycles. The summed E-state index contributed by atoms with van der Waals surface area (Å²) in [5.41, 5.74) is 0.675. The molecule has 4 N–H and O–H groups in total. The van der Waals surface area contributed by atoms with Crippen molar-refractivity contribution in [2.24, 2.45) is 11.8 Å². The second-order valence-corrected chi connectivity index (χ2v) is 12.8. The molecule has 1 aromatic rings. The zero-order valence-electron chi connectivity index (χ0n) is 29.0. The number of carbonyl (C=O) groups excluding carboxylic acids is 4. The number of piperidine rings is 1. The minimum Gasteiger partial charge on any atom is -0.508 e. The summed E-state index contributed by atoms with van der Waals surface area (Å²) in [5.74, 6) is -4.08. The van der Waals surface area contributed by atoms with Gasteiger partial charge < -0.3 is 25.6 Å². The Balaban J connectivity index is 2.40. The second kappa shape index (κ2) is 19.9. The molecule has 268 valence electrons. The highest BCUT2D eigenvalue weighted by molar-refractivity contribution is 7.83. The summed E-state index contributed by atoms with van der Waals surface area (Å²) in [5, 5.41) is 28.6. The third kappa shape index (κ3) is 12.0. The number of benzene rings is 1. The third-order valence-electron chi connectivity index (χ3n) is 8.79. The van der Waals surface area contributed by atoms with Crippen molar-refractivity contribution in [2.45, 2.75) is 97.2 Å². The van der Waals surface area contributed by atoms with E-state index < -0.39 is 48.5 Å². The highest BCUT2D eigenvalue weighted by Gasteiger charge is 2.37. The van der Waals surface area contributed by atoms with E-state index in [1.165, 1.54) is 29.6 Å². The number of nitrogens with zero attached hydrogens (tertiary/aromatic N) is 3. The van der Waals surface area contributed by atoms with Crippen LogP contribution in [-0.2, 0) is 35.1 Å². The van der Waals surface area contributed by atoms with Crippen LogP contribution in [0.25, 0.3) is 0 Å². The summed E-state index contributed by atoms with van der Waals surface area (Å²) in [7, 11) is 3.33. The number of hydrogen-bond acceptors (Lipinski definition) is 10. The fourth-order valence-electron chi connectivity index (χ4n) is 5.52. The van der Waals surface area contributed by atoms with Crippen LogP contribution in [0.15, 0.2) is 35.4 Å². The fraction of sp³-hybridized carbons (Fsp3) is 0.618. The monoisotopic (exact) mass is 691 g/mol. The van der Waals surface area contributed by atoms with Gasteiger partial charge in [-0.15, -0.1) is 12.6 Å². The number of aromatic hydroxyl groups is 1. The topological polar surface area (TPSA) is 169 Å². The van der Waals surface area contributed by atoms with Crippen molar-refractivity contribution in [3.63, 3.8) is 0 Å². The molecule has 0 aliphatic carbocycles. The van der Waals surface area contributed by atoms with Crippen molar-refractivity contribution in [1.82, 2.24) is 25.6 Å². The smallest absolute Gasteiger partial charge is 0.307 e. The number of phenols is 1. The molecule has 3 amide bonds. The molecule has 1 aromatic carbocycles. The molecule has 1 saturated heterocycles. The molecule has 1 aliphatic rings. The number of aliphatic carboxylic acids is 1. The lowest BCUT2D eigenvalue weighted by Crippen LogP contribution is -2.60. The van der Waals surface area contributed by atoms with Gasteiger partial charge in [0.05, 0.1) is 12.0 Å². The molecule has 0 saturated carbocycles. The molecule has 13 nitrogen and oxygen atoms in total. The van der Waals surface area contributed by atoms with Crippen molar-refractivity contribution in [3.8, 4) is 5.75 Å². The van der Waals surface area contributed by atoms with Crippen molar-refractivity contribution in [1.29, 1.82) is 0 Å². The standard InChI is InChI=1S/C34H53N5O8S/c1-7-11-29(41)47-21-39(33(44)30(22(3)8-2)36-31(42)27-12-9-10-17-37(27)5)38(6)28(20-48)32(43)35-25(18-23(4)34(45)46)19-24-13-15-26(40)16-14-24/h13-16,20,22-23,25,27,30,40,48H,7-12,17-19,21H2,1-6H3,(H,35,43)(H,36,42)(H,45,46)/b28-20-/t22?,23-,25+,27+,30-/m0/s1. The number of likely N-dealkylation sites (N-methyl/N-ethyl adjacent to an activating group) is 2. The van der Waals surface area contributed by atoms with Crippen LogP contribution in [0.2, 0.25) is 0 Å². The highest BCUT2D eigenvalue weighted by atomic mass is 32.1. The predicted octanol–water partition coefficient (Wildman–Crippen LogP) is 3.29. The zero-order chi connectivity index (χ0) is 36.0. The normalized spacial score (nSPS) is 17.7. The maximum atomic E-state index is 14.3. The Bertz CT molecular complexity index is 1280. The van der Waals surface area contributed by atoms with Gasteiger partial charge in [0.25, 0.3) is 11.8 Å². The van der Waals surface area contributed by atoms with E-state index in [-0.39, 0.29) is 48.6 Å². The van der Waals surface area contributed by atoms with E-state index >= 15 is 0 Å². The van der Waals surface area contributed by atoms with Gasteiger partial charge in [-0.05, 0) is 74.7 Å². The number of carboxylic acids is 1. The van der Waals surface area contributed by atoms with E-state index in [1.807, 2.05) is 32.7 Å². The van der Waals surface area contributed by atoms with Gasteiger partial charge in [-0.2, -0.15) is 0 Å². The summed E-state index contributed by atoms with van der Waals surface area (Å²) in [6.45, 7) is 7.35. The minimum atomic E-state index is -1.02. The summed E-state index contributed by atoms with van der Waals surface area (Å²) in [4.78, 5) is 67.6. The Hall–Kier alpha value is -3.78. The minimum absolute atomic E-state index is 0.0715. The van der Waals surface area contributed by atoms with Crippen LogP contribution in [0.3, 0.4) is 0 Å². The molecule has 14 heteroatoms. The molecule has 1 heterocycles. The average Bonchev–Trinajstić information content (AvgIpc) is 3.04. The number of carboxylic acid groups (broad SMARTS) is 1. The van der Waals surface area contributed by atoms with Gasteiger partial charge in [-0.25, -0.2) is 5.01 Å². The number of rotatable bonds is 18. The van der Waals surface area contributed by atoms with E-state index in [2.05, 4.69) is 23.3 Å². The molecular formula is C34H53N5O8S. The first-order valence-corrected chi connectivity index (χ1v) is 17.1. The van der Waals surface area contributed by atoms with Crippen LogP contribution in [0.4, 0.5) is 0 Å². The Labute approximate surface area is 289 Å². The second-order valence-electron chi connectivity index (χ2n) is 12.6. The van der Waals surface area contributed by atoms with Crippen molar-refractivity contribution < 1.29 is 38.9 Å². The quantitative estimate of drug-likeness (QED) is 0.0507. The molecule has 0 radical (unpaired) electrons. The summed E-state index contributed by atoms with van der Waals surface area (Å²) in [6.07, 6.45) is 4.13. The number of carbonyl (C=O) groups is 5. The Morgan fingerprint density at radius 3 is 2.33 bits per heavy atom. The van der Waals surface area contributed by atoms with Gasteiger partial charge in [0.15, 0.2) is 6.73 Å². The van der Waals surface area contributed by atoms with Crippen LogP contribution < -0.4 is 10.6 Å². The first-order chi connectivity index (χ1) is 22.7. The van der Waals surface area contributed by atoms with Crippen LogP contribution in [0.5, 0.6) is 5.75 Å². The van der Waals surface area contributed by atoms with Gasteiger partial charge in [0.2, 0.25) is 5.91 Å². The highest BCUT2D eigenvalue weighted by Crippen LogP contribution is 2.21. The van der Waals surface area contributed by atoms with Gasteiger partial charge >= 0.3 is 11.9 Å². The zero-order valence-corrected chi connectivity index (χ0v) is 29.9. The Morgan fingerprint density at radius 2 is 1.77 bits per heavy atom. The van der Waals surface area contributed by atoms with E-state index in [1.54, 1.807) is 19.1 Å². The maximum Gasteiger partial charge on any atom is 0.307 e. The molecule has 0 spiro atoms. The number of ether oxygens (including phenoxy) is 1. The lowest BCUT2D eigenvalue weighted by Gasteiger charge is -2.38. The number of amides is 3. The van der Waals surface area contributed by atoms with Crippen LogP contribution in [-0.4, -0.2) is 100 Å². The molecule has 5 atom stereocenters. The largest absolute Gasteiger partial charge is 0.508 e. The summed E-state index contributed by atoms with van der Waals surface area (Å²) < 4.78 is 5.45. The van der Waals surface area contributed by atoms with Crippen molar-refractivity contribution in [2.75, 3.05) is 27.4 Å². The van der Waals surface area contributed by atoms with E-state index in [0.717, 1.165) is 30.0 Å². The number of nitrogens with one attached hydrogen (secondary N) is 2. The van der Waals surface area contributed by atoms with Gasteiger partial charge in [-0.3, -0.25) is 33.9 Å².